The first kappa shape index (κ1) is 54.6. The number of benzene rings is 6. The first-order valence-corrected chi connectivity index (χ1v) is 26.7. The van der Waals surface area contributed by atoms with Crippen LogP contribution in [0.3, 0.4) is 0 Å². The van der Waals surface area contributed by atoms with Crippen LogP contribution in [-0.2, 0) is 6.42 Å². The fraction of sp³-hybridized carbons (Fsp3) is 0.410. The molecule has 6 aromatic carbocycles. The second-order valence-electron chi connectivity index (χ2n) is 19.1. The molecule has 0 heterocycles. The van der Waals surface area contributed by atoms with Crippen LogP contribution >= 0.6 is 23.2 Å². The zero-order chi connectivity index (χ0) is 50.9. The highest BCUT2D eigenvalue weighted by Gasteiger charge is 2.29. The monoisotopic (exact) mass is 999 g/mol. The highest BCUT2D eigenvalue weighted by atomic mass is 35.5. The predicted molar refractivity (Wildman–Crippen MR) is 308 cm³/mol. The van der Waals surface area contributed by atoms with Gasteiger partial charge in [0.1, 0.15) is 22.9 Å². The Labute approximate surface area is 437 Å². The van der Waals surface area contributed by atoms with Gasteiger partial charge in [0.25, 0.3) is 0 Å². The molecular weight excluding hydrogens is 920 g/mol. The summed E-state index contributed by atoms with van der Waals surface area (Å²) in [7, 11) is 12.0. The highest BCUT2D eigenvalue weighted by molar-refractivity contribution is 6.33. The predicted octanol–water partition coefficient (Wildman–Crippen LogP) is 15.9. The minimum atomic E-state index is -0.192. The number of hydrogen-bond donors (Lipinski definition) is 2. The number of halogens is 2. The summed E-state index contributed by atoms with van der Waals surface area (Å²) in [6.07, 6.45) is 9.53. The second-order valence-corrected chi connectivity index (χ2v) is 19.9. The normalized spacial score (nSPS) is 12.0. The third kappa shape index (κ3) is 13.8. The Kier molecular flexibility index (Phi) is 20.9. The van der Waals surface area contributed by atoms with Crippen molar-refractivity contribution in [2.24, 2.45) is 0 Å². The number of nitrogens with one attached hydrogen (secondary N) is 2. The highest BCUT2D eigenvalue weighted by Crippen LogP contribution is 2.47. The summed E-state index contributed by atoms with van der Waals surface area (Å²) < 4.78 is 12.1. The van der Waals surface area contributed by atoms with Crippen LogP contribution in [0.25, 0.3) is 0 Å². The van der Waals surface area contributed by atoms with Crippen LogP contribution in [0.1, 0.15) is 125 Å². The Bertz CT molecular complexity index is 2380. The van der Waals surface area contributed by atoms with Gasteiger partial charge in [-0.05, 0) is 90.8 Å². The lowest BCUT2D eigenvalue weighted by molar-refractivity contribution is 0.415. The van der Waals surface area contributed by atoms with E-state index in [1.165, 1.54) is 22.5 Å². The molecule has 10 heteroatoms. The number of nitrogens with zero attached hydrogens (tertiary/aromatic N) is 4. The average molecular weight is 1000 g/mol. The van der Waals surface area contributed by atoms with Crippen molar-refractivity contribution < 1.29 is 9.47 Å². The van der Waals surface area contributed by atoms with Crippen LogP contribution < -0.4 is 39.7 Å². The third-order valence-electron chi connectivity index (χ3n) is 13.3. The van der Waals surface area contributed by atoms with Crippen molar-refractivity contribution in [3.05, 3.63) is 165 Å². The maximum atomic E-state index is 7.30. The van der Waals surface area contributed by atoms with Gasteiger partial charge in [0.15, 0.2) is 0 Å². The first-order valence-electron chi connectivity index (χ1n) is 25.9. The Morgan fingerprint density at radius 1 is 0.451 bits per heavy atom. The van der Waals surface area contributed by atoms with Gasteiger partial charge in [0.2, 0.25) is 0 Å². The Hall–Kier alpha value is -5.70. The van der Waals surface area contributed by atoms with E-state index in [9.17, 15) is 0 Å². The molecule has 0 bridgehead atoms. The van der Waals surface area contributed by atoms with Gasteiger partial charge in [0, 0.05) is 65.5 Å². The molecule has 0 fully saturated rings. The van der Waals surface area contributed by atoms with Crippen LogP contribution in [-0.4, -0.2) is 68.6 Å². The molecule has 2 unspecified atom stereocenters. The summed E-state index contributed by atoms with van der Waals surface area (Å²) in [4.78, 5) is 9.53. The zero-order valence-electron chi connectivity index (χ0n) is 44.3. The standard InChI is InChI=1S/C61H80Cl2N6O2/c1-11-15-37-68(38-16-12-2)58-48(31-35-54(70-9)60(58)66(5)6)56(46-25-21-19-22-26-46)64-52-33-29-44(42-50(52)62)41-45-30-34-53(51(63)43-45)65-57(47-27-23-20-24-28-47)49-32-36-55(71-10)61(67(7)8)59(49)69(39-17-13-3)40-18-14-4/h19-36,42-43,56-57,64-65H,11-18,37-41H2,1-10H3. The van der Waals surface area contributed by atoms with Crippen molar-refractivity contribution >= 4 is 57.3 Å². The van der Waals surface area contributed by atoms with E-state index in [1.807, 2.05) is 0 Å². The van der Waals surface area contributed by atoms with E-state index in [-0.39, 0.29) is 12.1 Å². The van der Waals surface area contributed by atoms with Gasteiger partial charge < -0.3 is 39.7 Å². The molecule has 2 atom stereocenters. The molecule has 0 aliphatic carbocycles. The fourth-order valence-electron chi connectivity index (χ4n) is 9.63. The molecule has 0 aliphatic rings. The van der Waals surface area contributed by atoms with E-state index in [4.69, 9.17) is 32.7 Å². The third-order valence-corrected chi connectivity index (χ3v) is 14.0. The molecule has 0 saturated carbocycles. The average Bonchev–Trinajstić information content (AvgIpc) is 3.38. The van der Waals surface area contributed by atoms with E-state index in [0.717, 1.165) is 134 Å². The molecule has 0 radical (unpaired) electrons. The summed E-state index contributed by atoms with van der Waals surface area (Å²) in [6.45, 7) is 12.9. The number of rotatable bonds is 28. The van der Waals surface area contributed by atoms with Gasteiger partial charge in [-0.25, -0.2) is 0 Å². The lowest BCUT2D eigenvalue weighted by atomic mass is 9.94. The van der Waals surface area contributed by atoms with E-state index >= 15 is 0 Å². The van der Waals surface area contributed by atoms with Gasteiger partial charge in [-0.1, -0.05) is 162 Å². The molecule has 2 N–H and O–H groups in total. The molecule has 0 amide bonds. The minimum absolute atomic E-state index is 0.192. The number of methoxy groups -OCH3 is 2. The molecule has 8 nitrogen and oxygen atoms in total. The largest absolute Gasteiger partial charge is 0.495 e. The topological polar surface area (TPSA) is 55.5 Å². The van der Waals surface area contributed by atoms with Crippen molar-refractivity contribution in [1.82, 2.24) is 0 Å². The van der Waals surface area contributed by atoms with E-state index in [0.29, 0.717) is 16.5 Å². The molecular formula is C61H80Cl2N6O2. The number of unbranched alkanes of at least 4 members (excludes halogenated alkanes) is 4. The molecule has 0 spiro atoms. The summed E-state index contributed by atoms with van der Waals surface area (Å²) in [6, 6.07) is 42.4. The smallest absolute Gasteiger partial charge is 0.144 e. The van der Waals surface area contributed by atoms with Gasteiger partial charge in [-0.15, -0.1) is 0 Å². The van der Waals surface area contributed by atoms with E-state index in [1.54, 1.807) is 14.2 Å². The Morgan fingerprint density at radius 2 is 0.803 bits per heavy atom. The van der Waals surface area contributed by atoms with Gasteiger partial charge >= 0.3 is 0 Å². The van der Waals surface area contributed by atoms with E-state index in [2.05, 4.69) is 207 Å². The number of anilines is 6. The maximum Gasteiger partial charge on any atom is 0.144 e. The molecule has 6 rings (SSSR count). The molecule has 6 aromatic rings. The summed E-state index contributed by atoms with van der Waals surface area (Å²) in [5.41, 5.74) is 13.1. The van der Waals surface area contributed by atoms with Crippen molar-refractivity contribution in [3.63, 3.8) is 0 Å². The van der Waals surface area contributed by atoms with Crippen molar-refractivity contribution in [3.8, 4) is 11.5 Å². The molecule has 71 heavy (non-hydrogen) atoms. The van der Waals surface area contributed by atoms with E-state index < -0.39 is 0 Å². The molecule has 0 aliphatic heterocycles. The Balaban J connectivity index is 1.33. The quantitative estimate of drug-likeness (QED) is 0.0504. The fourth-order valence-corrected chi connectivity index (χ4v) is 10.2. The zero-order valence-corrected chi connectivity index (χ0v) is 45.8. The van der Waals surface area contributed by atoms with Gasteiger partial charge in [-0.2, -0.15) is 0 Å². The van der Waals surface area contributed by atoms with Crippen LogP contribution in [0.5, 0.6) is 11.5 Å². The van der Waals surface area contributed by atoms with Crippen molar-refractivity contribution in [1.29, 1.82) is 0 Å². The second kappa shape index (κ2) is 27.2. The first-order chi connectivity index (χ1) is 34.5. The number of hydrogen-bond acceptors (Lipinski definition) is 8. The molecule has 380 valence electrons. The van der Waals surface area contributed by atoms with Crippen molar-refractivity contribution in [2.45, 2.75) is 97.6 Å². The summed E-state index contributed by atoms with van der Waals surface area (Å²) in [5, 5.41) is 9.18. The summed E-state index contributed by atoms with van der Waals surface area (Å²) in [5.74, 6) is 1.72. The maximum absolute atomic E-state index is 7.30. The van der Waals surface area contributed by atoms with Crippen LogP contribution in [0.4, 0.5) is 34.1 Å². The molecule has 0 saturated heterocycles. The SMILES string of the molecule is CCCCN(CCCC)c1c(C(Nc2ccc(Cc3ccc(NC(c4ccccc4)c4ccc(OC)c(N(C)C)c4N(CCCC)CCCC)c(Cl)c3)cc2Cl)c2ccccc2)ccc(OC)c1N(C)C. The lowest BCUT2D eigenvalue weighted by Crippen LogP contribution is -2.30. The van der Waals surface area contributed by atoms with Gasteiger partial charge in [0.05, 0.1) is 59.1 Å². The Morgan fingerprint density at radius 3 is 1.10 bits per heavy atom. The summed E-state index contributed by atoms with van der Waals surface area (Å²) >= 11 is 14.6. The van der Waals surface area contributed by atoms with Gasteiger partial charge in [-0.3, -0.25) is 0 Å². The van der Waals surface area contributed by atoms with Crippen LogP contribution in [0, 0.1) is 0 Å². The molecule has 0 aromatic heterocycles. The van der Waals surface area contributed by atoms with Crippen molar-refractivity contribution in [2.75, 3.05) is 98.8 Å². The minimum Gasteiger partial charge on any atom is -0.495 e. The lowest BCUT2D eigenvalue weighted by Gasteiger charge is -2.35. The number of ether oxygens (including phenoxy) is 2. The van der Waals surface area contributed by atoms with Crippen LogP contribution in [0.2, 0.25) is 10.0 Å². The van der Waals surface area contributed by atoms with Crippen LogP contribution in [0.15, 0.2) is 121 Å².